The average molecular weight is 332 g/mol. The number of halogens is 2. The van der Waals surface area contributed by atoms with Gasteiger partial charge in [-0.3, -0.25) is 4.79 Å². The van der Waals surface area contributed by atoms with Crippen LogP contribution in [0.3, 0.4) is 0 Å². The fourth-order valence-corrected chi connectivity index (χ4v) is 2.07. The van der Waals surface area contributed by atoms with Gasteiger partial charge in [0.15, 0.2) is 17.3 Å². The zero-order valence-electron chi connectivity index (χ0n) is 13.5. The lowest BCUT2D eigenvalue weighted by Gasteiger charge is -2.10. The molecule has 0 saturated heterocycles. The third-order valence-electron chi connectivity index (χ3n) is 3.27. The Kier molecular flexibility index (Phi) is 6.07. The number of hydrogen-bond donors (Lipinski definition) is 0. The van der Waals surface area contributed by atoms with Crippen molar-refractivity contribution in [1.29, 1.82) is 0 Å². The molecule has 126 valence electrons. The SMILES string of the molecule is CCCOc1cc(/C=C/C(=O)c2ccc(F)cc2F)ccc1OC. The Labute approximate surface area is 139 Å². The van der Waals surface area contributed by atoms with Crippen molar-refractivity contribution in [3.05, 3.63) is 65.2 Å². The molecule has 0 aliphatic carbocycles. The van der Waals surface area contributed by atoms with Crippen LogP contribution in [0.2, 0.25) is 0 Å². The van der Waals surface area contributed by atoms with Gasteiger partial charge in [0.2, 0.25) is 0 Å². The van der Waals surface area contributed by atoms with Crippen LogP contribution >= 0.6 is 0 Å². The second-order valence-electron chi connectivity index (χ2n) is 5.08. The summed E-state index contributed by atoms with van der Waals surface area (Å²) in [4.78, 5) is 12.0. The second kappa shape index (κ2) is 8.24. The molecule has 0 spiro atoms. The maximum absolute atomic E-state index is 13.6. The maximum atomic E-state index is 13.6. The van der Waals surface area contributed by atoms with Crippen molar-refractivity contribution in [3.63, 3.8) is 0 Å². The summed E-state index contributed by atoms with van der Waals surface area (Å²) in [6.45, 7) is 2.54. The van der Waals surface area contributed by atoms with E-state index in [0.29, 0.717) is 29.7 Å². The Morgan fingerprint density at radius 1 is 1.12 bits per heavy atom. The van der Waals surface area contributed by atoms with E-state index in [-0.39, 0.29) is 5.56 Å². The molecule has 0 aliphatic heterocycles. The van der Waals surface area contributed by atoms with Gasteiger partial charge in [0, 0.05) is 6.07 Å². The van der Waals surface area contributed by atoms with Crippen molar-refractivity contribution in [1.82, 2.24) is 0 Å². The van der Waals surface area contributed by atoms with E-state index < -0.39 is 17.4 Å². The summed E-state index contributed by atoms with van der Waals surface area (Å²) in [6, 6.07) is 8.08. The minimum absolute atomic E-state index is 0.177. The van der Waals surface area contributed by atoms with Crippen LogP contribution in [0.25, 0.3) is 6.08 Å². The molecule has 0 N–H and O–H groups in total. The highest BCUT2D eigenvalue weighted by Crippen LogP contribution is 2.28. The number of rotatable bonds is 7. The summed E-state index contributed by atoms with van der Waals surface area (Å²) < 4.78 is 37.3. The molecule has 0 saturated carbocycles. The molecule has 3 nitrogen and oxygen atoms in total. The van der Waals surface area contributed by atoms with E-state index in [0.717, 1.165) is 18.6 Å². The highest BCUT2D eigenvalue weighted by molar-refractivity contribution is 6.07. The quantitative estimate of drug-likeness (QED) is 0.546. The molecule has 0 fully saturated rings. The van der Waals surface area contributed by atoms with Crippen molar-refractivity contribution < 1.29 is 23.0 Å². The molecule has 0 unspecified atom stereocenters. The third-order valence-corrected chi connectivity index (χ3v) is 3.27. The fourth-order valence-electron chi connectivity index (χ4n) is 2.07. The van der Waals surface area contributed by atoms with Crippen molar-refractivity contribution in [2.75, 3.05) is 13.7 Å². The lowest BCUT2D eigenvalue weighted by Crippen LogP contribution is -1.99. The molecule has 0 bridgehead atoms. The Morgan fingerprint density at radius 3 is 2.58 bits per heavy atom. The van der Waals surface area contributed by atoms with Gasteiger partial charge in [-0.15, -0.1) is 0 Å². The van der Waals surface area contributed by atoms with Crippen LogP contribution in [0.15, 0.2) is 42.5 Å². The molecule has 2 aromatic rings. The van der Waals surface area contributed by atoms with Gasteiger partial charge in [0.1, 0.15) is 11.6 Å². The number of benzene rings is 2. The number of ketones is 1. The summed E-state index contributed by atoms with van der Waals surface area (Å²) in [5.41, 5.74) is 0.529. The Bertz CT molecular complexity index is 754. The Hall–Kier alpha value is -2.69. The Morgan fingerprint density at radius 2 is 1.92 bits per heavy atom. The molecule has 0 aliphatic rings. The van der Waals surface area contributed by atoms with E-state index in [1.54, 1.807) is 31.4 Å². The van der Waals surface area contributed by atoms with Crippen LogP contribution in [0.4, 0.5) is 8.78 Å². The number of hydrogen-bond acceptors (Lipinski definition) is 3. The highest BCUT2D eigenvalue weighted by atomic mass is 19.1. The van der Waals surface area contributed by atoms with Crippen molar-refractivity contribution >= 4 is 11.9 Å². The second-order valence-corrected chi connectivity index (χ2v) is 5.08. The first-order valence-corrected chi connectivity index (χ1v) is 7.53. The lowest BCUT2D eigenvalue weighted by atomic mass is 10.1. The van der Waals surface area contributed by atoms with Gasteiger partial charge < -0.3 is 9.47 Å². The normalized spacial score (nSPS) is 10.8. The summed E-state index contributed by atoms with van der Waals surface area (Å²) in [5.74, 6) is -0.981. The molecule has 2 aromatic carbocycles. The zero-order valence-corrected chi connectivity index (χ0v) is 13.5. The van der Waals surface area contributed by atoms with Crippen molar-refractivity contribution in [2.45, 2.75) is 13.3 Å². The summed E-state index contributed by atoms with van der Waals surface area (Å²) in [7, 11) is 1.55. The van der Waals surface area contributed by atoms with Gasteiger partial charge in [0.05, 0.1) is 19.3 Å². The topological polar surface area (TPSA) is 35.5 Å². The fraction of sp³-hybridized carbons (Fsp3) is 0.211. The standard InChI is InChI=1S/C19H18F2O3/c1-3-10-24-19-11-13(5-9-18(19)23-2)4-8-17(22)15-7-6-14(20)12-16(15)21/h4-9,11-12H,3,10H2,1-2H3/b8-4+. The number of methoxy groups -OCH3 is 1. The largest absolute Gasteiger partial charge is 0.493 e. The molecule has 5 heteroatoms. The van der Waals surface area contributed by atoms with E-state index in [1.165, 1.54) is 6.08 Å². The van der Waals surface area contributed by atoms with E-state index >= 15 is 0 Å². The van der Waals surface area contributed by atoms with E-state index in [1.807, 2.05) is 6.92 Å². The number of carbonyl (C=O) groups excluding carboxylic acids is 1. The molecule has 0 amide bonds. The highest BCUT2D eigenvalue weighted by Gasteiger charge is 2.10. The van der Waals surface area contributed by atoms with Gasteiger partial charge in [-0.25, -0.2) is 8.78 Å². The van der Waals surface area contributed by atoms with Crippen LogP contribution in [0.5, 0.6) is 11.5 Å². The number of carbonyl (C=O) groups is 1. The molecule has 2 rings (SSSR count). The molecular formula is C19H18F2O3. The minimum Gasteiger partial charge on any atom is -0.493 e. The molecule has 0 heterocycles. The summed E-state index contributed by atoms with van der Waals surface area (Å²) in [6.07, 6.45) is 3.64. The number of ether oxygens (including phenoxy) is 2. The first-order valence-electron chi connectivity index (χ1n) is 7.53. The molecule has 0 atom stereocenters. The van der Waals surface area contributed by atoms with Crippen LogP contribution in [0.1, 0.15) is 29.3 Å². The van der Waals surface area contributed by atoms with Gasteiger partial charge in [-0.1, -0.05) is 19.1 Å². The lowest BCUT2D eigenvalue weighted by molar-refractivity contribution is 0.104. The predicted molar refractivity (Wildman–Crippen MR) is 88.5 cm³/mol. The van der Waals surface area contributed by atoms with Gasteiger partial charge in [0.25, 0.3) is 0 Å². The van der Waals surface area contributed by atoms with Crippen molar-refractivity contribution in [2.24, 2.45) is 0 Å². The van der Waals surface area contributed by atoms with Crippen LogP contribution in [-0.2, 0) is 0 Å². The first-order chi connectivity index (χ1) is 11.5. The third kappa shape index (κ3) is 4.41. The molecule has 0 radical (unpaired) electrons. The summed E-state index contributed by atoms with van der Waals surface area (Å²) >= 11 is 0. The molecule has 24 heavy (non-hydrogen) atoms. The van der Waals surface area contributed by atoms with Crippen LogP contribution in [-0.4, -0.2) is 19.5 Å². The van der Waals surface area contributed by atoms with Crippen molar-refractivity contribution in [3.8, 4) is 11.5 Å². The zero-order chi connectivity index (χ0) is 17.5. The minimum atomic E-state index is -0.883. The summed E-state index contributed by atoms with van der Waals surface area (Å²) in [5, 5.41) is 0. The van der Waals surface area contributed by atoms with Gasteiger partial charge >= 0.3 is 0 Å². The smallest absolute Gasteiger partial charge is 0.188 e. The van der Waals surface area contributed by atoms with Gasteiger partial charge in [-0.05, 0) is 42.3 Å². The number of allylic oxidation sites excluding steroid dienone is 1. The molecular weight excluding hydrogens is 314 g/mol. The van der Waals surface area contributed by atoms with Crippen LogP contribution < -0.4 is 9.47 Å². The maximum Gasteiger partial charge on any atom is 0.188 e. The van der Waals surface area contributed by atoms with E-state index in [9.17, 15) is 13.6 Å². The molecule has 0 aromatic heterocycles. The van der Waals surface area contributed by atoms with E-state index in [2.05, 4.69) is 0 Å². The van der Waals surface area contributed by atoms with Crippen LogP contribution in [0, 0.1) is 11.6 Å². The monoisotopic (exact) mass is 332 g/mol. The average Bonchev–Trinajstić information content (AvgIpc) is 2.57. The Balaban J connectivity index is 2.20. The van der Waals surface area contributed by atoms with E-state index in [4.69, 9.17) is 9.47 Å². The predicted octanol–water partition coefficient (Wildman–Crippen LogP) is 4.66. The first kappa shape index (κ1) is 17.7. The van der Waals surface area contributed by atoms with Gasteiger partial charge in [-0.2, -0.15) is 0 Å².